The van der Waals surface area contributed by atoms with Gasteiger partial charge in [-0.05, 0) is 52.4 Å². The van der Waals surface area contributed by atoms with Gasteiger partial charge in [-0.25, -0.2) is 19.4 Å². The SMILES string of the molecule is CC(C)(C)c1ccc(-n2c3[c-]c(Oc4[c-]c(-c5ccccn5)c5c(c4)oc4c5cnc5nc6ccccc6n54)ccc3c3ccccc32)nc1.[Pt+2]. The van der Waals surface area contributed by atoms with E-state index < -0.39 is 0 Å². The molecule has 10 rings (SSSR count). The predicted molar refractivity (Wildman–Crippen MR) is 196 cm³/mol. The number of nitrogens with zero attached hydrogens (tertiary/aromatic N) is 6. The molecule has 0 saturated heterocycles. The number of pyridine rings is 2. The van der Waals surface area contributed by atoms with Crippen LogP contribution in [0, 0.1) is 12.1 Å². The maximum Gasteiger partial charge on any atom is 2.00 e. The van der Waals surface area contributed by atoms with Gasteiger partial charge < -0.3 is 18.7 Å². The van der Waals surface area contributed by atoms with E-state index in [2.05, 4.69) is 78.9 Å². The van der Waals surface area contributed by atoms with Gasteiger partial charge in [0.1, 0.15) is 5.82 Å². The van der Waals surface area contributed by atoms with Crippen LogP contribution in [0.25, 0.3) is 77.8 Å². The topological polar surface area (TPSA) is 83.3 Å². The number of furan rings is 1. The van der Waals surface area contributed by atoms with Gasteiger partial charge in [0, 0.05) is 41.0 Å². The van der Waals surface area contributed by atoms with Crippen molar-refractivity contribution < 1.29 is 30.2 Å². The molecule has 0 unspecified atom stereocenters. The first-order chi connectivity index (χ1) is 24.4. The van der Waals surface area contributed by atoms with Gasteiger partial charge >= 0.3 is 21.1 Å². The Bertz CT molecular complexity index is 2940. The van der Waals surface area contributed by atoms with E-state index in [-0.39, 0.29) is 26.5 Å². The maximum atomic E-state index is 6.63. The van der Waals surface area contributed by atoms with Gasteiger partial charge in [0.2, 0.25) is 11.5 Å². The Hall–Kier alpha value is -5.85. The average molecular weight is 844 g/mol. The Morgan fingerprint density at radius 2 is 1.55 bits per heavy atom. The first kappa shape index (κ1) is 31.2. The molecule has 0 bridgehead atoms. The van der Waals surface area contributed by atoms with Gasteiger partial charge in [0.25, 0.3) is 0 Å². The van der Waals surface area contributed by atoms with Gasteiger partial charge in [0.15, 0.2) is 0 Å². The molecule has 0 saturated carbocycles. The van der Waals surface area contributed by atoms with Crippen molar-refractivity contribution in [2.75, 3.05) is 0 Å². The van der Waals surface area contributed by atoms with E-state index in [1.807, 2.05) is 77.5 Å². The number of rotatable bonds is 4. The molecule has 0 aliphatic heterocycles. The van der Waals surface area contributed by atoms with Gasteiger partial charge in [-0.15, -0.1) is 23.1 Å². The summed E-state index contributed by atoms with van der Waals surface area (Å²) < 4.78 is 17.3. The molecule has 0 aliphatic rings. The summed E-state index contributed by atoms with van der Waals surface area (Å²) >= 11 is 0. The van der Waals surface area contributed by atoms with Crippen LogP contribution in [0.15, 0.2) is 120 Å². The van der Waals surface area contributed by atoms with Crippen molar-refractivity contribution in [1.82, 2.24) is 28.9 Å². The molecule has 0 atom stereocenters. The number of fused-ring (bicyclic) bond motifs is 10. The van der Waals surface area contributed by atoms with Crippen LogP contribution < -0.4 is 4.74 Å². The van der Waals surface area contributed by atoms with Crippen LogP contribution in [0.3, 0.4) is 0 Å². The summed E-state index contributed by atoms with van der Waals surface area (Å²) in [5.74, 6) is 2.40. The number of benzene rings is 4. The Morgan fingerprint density at radius 1 is 0.725 bits per heavy atom. The standard InChI is InChI=1S/C42H28N6O2.Pt/c1-42(2,3)25-15-18-38(44-23-25)47-34-13-6-4-10-28(34)29-17-16-26(21-36(29)47)49-27-20-30(32-11-8-9-19-43-32)39-31-24-45-41-46-33-12-5-7-14-35(33)48(41)40(31)50-37(39)22-27;/h4-19,22-24H,1-3H3;/q-2;+2. The van der Waals surface area contributed by atoms with E-state index in [1.54, 1.807) is 6.20 Å². The summed E-state index contributed by atoms with van der Waals surface area (Å²) in [7, 11) is 0. The number of hydrogen-bond donors (Lipinski definition) is 0. The molecule has 0 radical (unpaired) electrons. The number of para-hydroxylation sites is 3. The molecule has 4 aromatic carbocycles. The van der Waals surface area contributed by atoms with Crippen molar-refractivity contribution >= 4 is 60.7 Å². The van der Waals surface area contributed by atoms with Crippen LogP contribution in [-0.2, 0) is 26.5 Å². The second-order valence-electron chi connectivity index (χ2n) is 13.5. The van der Waals surface area contributed by atoms with Crippen molar-refractivity contribution in [2.24, 2.45) is 0 Å². The first-order valence-corrected chi connectivity index (χ1v) is 16.5. The van der Waals surface area contributed by atoms with Crippen molar-refractivity contribution in [3.05, 3.63) is 133 Å². The minimum atomic E-state index is 0. The third-order valence-corrected chi connectivity index (χ3v) is 9.31. The van der Waals surface area contributed by atoms with Gasteiger partial charge in [-0.3, -0.25) is 0 Å². The van der Waals surface area contributed by atoms with Crippen LogP contribution >= 0.6 is 0 Å². The van der Waals surface area contributed by atoms with Crippen LogP contribution in [0.2, 0.25) is 0 Å². The average Bonchev–Trinajstić information content (AvgIpc) is 3.80. The summed E-state index contributed by atoms with van der Waals surface area (Å²) in [5, 5.41) is 3.86. The maximum absolute atomic E-state index is 6.63. The molecule has 51 heavy (non-hydrogen) atoms. The third kappa shape index (κ3) is 4.93. The Labute approximate surface area is 306 Å². The minimum Gasteiger partial charge on any atom is -0.503 e. The van der Waals surface area contributed by atoms with Crippen LogP contribution in [0.1, 0.15) is 26.3 Å². The smallest absolute Gasteiger partial charge is 0.503 e. The zero-order valence-electron chi connectivity index (χ0n) is 27.8. The fourth-order valence-electron chi connectivity index (χ4n) is 6.87. The Kier molecular flexibility index (Phi) is 7.09. The van der Waals surface area contributed by atoms with E-state index >= 15 is 0 Å². The van der Waals surface area contributed by atoms with Gasteiger partial charge in [-0.1, -0.05) is 92.3 Å². The molecule has 9 heteroatoms. The Morgan fingerprint density at radius 3 is 2.35 bits per heavy atom. The molecule has 0 fully saturated rings. The monoisotopic (exact) mass is 843 g/mol. The third-order valence-electron chi connectivity index (χ3n) is 9.31. The molecule has 10 aromatic rings. The van der Waals surface area contributed by atoms with Crippen LogP contribution in [0.4, 0.5) is 0 Å². The second kappa shape index (κ2) is 11.6. The van der Waals surface area contributed by atoms with E-state index in [9.17, 15) is 0 Å². The summed E-state index contributed by atoms with van der Waals surface area (Å²) in [6.07, 6.45) is 5.54. The molecule has 8 nitrogen and oxygen atoms in total. The summed E-state index contributed by atoms with van der Waals surface area (Å²) in [4.78, 5) is 19.0. The molecule has 6 heterocycles. The van der Waals surface area contributed by atoms with Crippen LogP contribution in [-0.4, -0.2) is 28.9 Å². The quantitative estimate of drug-likeness (QED) is 0.164. The fourth-order valence-corrected chi connectivity index (χ4v) is 6.87. The first-order valence-electron chi connectivity index (χ1n) is 16.5. The molecule has 248 valence electrons. The Balaban J connectivity index is 0.00000348. The van der Waals surface area contributed by atoms with Crippen molar-refractivity contribution in [1.29, 1.82) is 0 Å². The second-order valence-corrected chi connectivity index (χ2v) is 13.5. The minimum absolute atomic E-state index is 0. The van der Waals surface area contributed by atoms with Crippen molar-refractivity contribution in [3.8, 4) is 28.6 Å². The normalized spacial score (nSPS) is 12.1. The number of imidazole rings is 1. The van der Waals surface area contributed by atoms with Crippen LogP contribution in [0.5, 0.6) is 11.5 Å². The zero-order valence-corrected chi connectivity index (χ0v) is 30.1. The molecular weight excluding hydrogens is 816 g/mol. The molecule has 0 aliphatic carbocycles. The molecule has 0 amide bonds. The fraction of sp³-hybridized carbons (Fsp3) is 0.0952. The number of hydrogen-bond acceptors (Lipinski definition) is 6. The summed E-state index contributed by atoms with van der Waals surface area (Å²) in [6.45, 7) is 6.58. The van der Waals surface area contributed by atoms with Gasteiger partial charge in [-0.2, -0.15) is 6.07 Å². The van der Waals surface area contributed by atoms with E-state index in [1.165, 1.54) is 5.56 Å². The van der Waals surface area contributed by atoms with E-state index in [0.29, 0.717) is 28.6 Å². The van der Waals surface area contributed by atoms with Crippen molar-refractivity contribution in [3.63, 3.8) is 0 Å². The molecule has 0 spiro atoms. The van der Waals surface area contributed by atoms with E-state index in [4.69, 9.17) is 24.1 Å². The summed E-state index contributed by atoms with van der Waals surface area (Å²) in [6, 6.07) is 39.3. The molecular formula is C42H28N6O2Pt. The number of aromatic nitrogens is 6. The molecule has 6 aromatic heterocycles. The zero-order chi connectivity index (χ0) is 33.6. The van der Waals surface area contributed by atoms with Crippen molar-refractivity contribution in [2.45, 2.75) is 26.2 Å². The predicted octanol–water partition coefficient (Wildman–Crippen LogP) is 10.0. The largest absolute Gasteiger partial charge is 2.00 e. The van der Waals surface area contributed by atoms with E-state index in [0.717, 1.165) is 60.7 Å². The molecule has 0 N–H and O–H groups in total. The van der Waals surface area contributed by atoms with Gasteiger partial charge in [0.05, 0.1) is 16.6 Å². The number of ether oxygens (including phenoxy) is 1. The summed E-state index contributed by atoms with van der Waals surface area (Å²) in [5.41, 5.74) is 7.61.